The van der Waals surface area contributed by atoms with E-state index in [9.17, 15) is 4.79 Å². The minimum absolute atomic E-state index is 0. The molecular formula is C18H23ClN2O2. The van der Waals surface area contributed by atoms with Crippen molar-refractivity contribution in [3.8, 4) is 0 Å². The van der Waals surface area contributed by atoms with Gasteiger partial charge in [0.1, 0.15) is 5.58 Å². The molecule has 5 heteroatoms. The van der Waals surface area contributed by atoms with Gasteiger partial charge in [-0.3, -0.25) is 9.69 Å². The fourth-order valence-corrected chi connectivity index (χ4v) is 4.20. The maximum atomic E-state index is 12.7. The normalized spacial score (nSPS) is 28.3. The number of carbonyl (C=O) groups is 1. The first kappa shape index (κ1) is 16.3. The summed E-state index contributed by atoms with van der Waals surface area (Å²) in [5.74, 6) is 0.599. The second-order valence-electron chi connectivity index (χ2n) is 7.10. The van der Waals surface area contributed by atoms with Crippen molar-refractivity contribution in [1.82, 2.24) is 10.2 Å². The molecule has 4 heterocycles. The topological polar surface area (TPSA) is 45.5 Å². The molecule has 0 spiro atoms. The Bertz CT molecular complexity index is 717. The van der Waals surface area contributed by atoms with Gasteiger partial charge < -0.3 is 9.73 Å². The van der Waals surface area contributed by atoms with Crippen LogP contribution in [0.5, 0.6) is 0 Å². The number of hydrogen-bond donors (Lipinski definition) is 1. The Morgan fingerprint density at radius 2 is 2.00 bits per heavy atom. The molecule has 3 aliphatic rings. The van der Waals surface area contributed by atoms with E-state index in [0.717, 1.165) is 24.1 Å². The van der Waals surface area contributed by atoms with Gasteiger partial charge in [-0.2, -0.15) is 0 Å². The lowest BCUT2D eigenvalue weighted by Gasteiger charge is -2.56. The summed E-state index contributed by atoms with van der Waals surface area (Å²) in [5, 5.41) is 4.32. The summed E-state index contributed by atoms with van der Waals surface area (Å²) < 4.78 is 5.40. The van der Waals surface area contributed by atoms with Crippen LogP contribution in [-0.4, -0.2) is 35.5 Å². The van der Waals surface area contributed by atoms with Gasteiger partial charge in [0, 0.05) is 22.5 Å². The number of carbonyl (C=O) groups excluding carboxylic acids is 1. The van der Waals surface area contributed by atoms with Gasteiger partial charge in [-0.25, -0.2) is 0 Å². The molecule has 1 aromatic carbocycles. The van der Waals surface area contributed by atoms with Gasteiger partial charge in [-0.1, -0.05) is 6.07 Å². The quantitative estimate of drug-likeness (QED) is 0.914. The Balaban J connectivity index is 0.00000156. The highest BCUT2D eigenvalue weighted by Gasteiger charge is 2.48. The molecule has 0 saturated carbocycles. The second-order valence-corrected chi connectivity index (χ2v) is 7.10. The Kier molecular flexibility index (Phi) is 4.15. The fraction of sp³-hybridized carbons (Fsp3) is 0.500. The molecule has 4 nitrogen and oxygen atoms in total. The third kappa shape index (κ3) is 2.64. The highest BCUT2D eigenvalue weighted by Crippen LogP contribution is 2.39. The molecule has 23 heavy (non-hydrogen) atoms. The van der Waals surface area contributed by atoms with Crippen LogP contribution < -0.4 is 5.32 Å². The van der Waals surface area contributed by atoms with E-state index in [0.29, 0.717) is 11.5 Å². The van der Waals surface area contributed by atoms with E-state index in [1.807, 2.05) is 24.3 Å². The molecular weight excluding hydrogens is 312 g/mol. The maximum absolute atomic E-state index is 12.7. The summed E-state index contributed by atoms with van der Waals surface area (Å²) >= 11 is 0. The smallest absolute Gasteiger partial charge is 0.251 e. The number of nitrogens with one attached hydrogen (secondary N) is 1. The van der Waals surface area contributed by atoms with Crippen LogP contribution in [0, 0.1) is 5.92 Å². The number of amides is 1. The lowest BCUT2D eigenvalue weighted by molar-refractivity contribution is -0.0378. The van der Waals surface area contributed by atoms with E-state index in [1.54, 1.807) is 6.26 Å². The molecule has 0 aliphatic carbocycles. The van der Waals surface area contributed by atoms with Crippen LogP contribution >= 0.6 is 12.4 Å². The van der Waals surface area contributed by atoms with Gasteiger partial charge in [0.25, 0.3) is 5.91 Å². The molecule has 0 unspecified atom stereocenters. The van der Waals surface area contributed by atoms with Crippen molar-refractivity contribution >= 4 is 29.3 Å². The molecule has 2 bridgehead atoms. The highest BCUT2D eigenvalue weighted by molar-refractivity contribution is 5.97. The van der Waals surface area contributed by atoms with Crippen LogP contribution in [0.3, 0.4) is 0 Å². The minimum Gasteiger partial charge on any atom is -0.464 e. The Hall–Kier alpha value is -1.52. The number of fused-ring (bicyclic) bond motifs is 4. The summed E-state index contributed by atoms with van der Waals surface area (Å²) in [4.78, 5) is 15.2. The van der Waals surface area contributed by atoms with E-state index in [4.69, 9.17) is 4.42 Å². The molecule has 1 atom stereocenters. The molecule has 0 radical (unpaired) electrons. The first-order valence-corrected chi connectivity index (χ1v) is 8.09. The van der Waals surface area contributed by atoms with Crippen LogP contribution in [0.15, 0.2) is 34.9 Å². The van der Waals surface area contributed by atoms with Crippen molar-refractivity contribution in [2.75, 3.05) is 13.1 Å². The lowest BCUT2D eigenvalue weighted by atomic mass is 9.72. The summed E-state index contributed by atoms with van der Waals surface area (Å²) in [6.45, 7) is 6.81. The van der Waals surface area contributed by atoms with Crippen molar-refractivity contribution < 1.29 is 9.21 Å². The van der Waals surface area contributed by atoms with E-state index >= 15 is 0 Å². The zero-order chi connectivity index (χ0) is 15.3. The number of hydrogen-bond acceptors (Lipinski definition) is 3. The van der Waals surface area contributed by atoms with E-state index in [1.165, 1.54) is 12.8 Å². The molecule has 3 saturated heterocycles. The predicted molar refractivity (Wildman–Crippen MR) is 93.1 cm³/mol. The molecule has 124 valence electrons. The van der Waals surface area contributed by atoms with Gasteiger partial charge in [-0.05, 0) is 63.9 Å². The summed E-state index contributed by atoms with van der Waals surface area (Å²) in [6.07, 6.45) is 4.03. The lowest BCUT2D eigenvalue weighted by Crippen LogP contribution is -2.69. The number of nitrogens with zero attached hydrogens (tertiary/aromatic N) is 1. The predicted octanol–water partition coefficient (Wildman–Crippen LogP) is 3.46. The van der Waals surface area contributed by atoms with Crippen LogP contribution in [0.4, 0.5) is 0 Å². The van der Waals surface area contributed by atoms with E-state index in [-0.39, 0.29) is 29.9 Å². The number of benzene rings is 1. The minimum atomic E-state index is 0. The molecule has 5 rings (SSSR count). The molecule has 1 N–H and O–H groups in total. The largest absolute Gasteiger partial charge is 0.464 e. The number of halogens is 1. The first-order valence-electron chi connectivity index (χ1n) is 8.09. The zero-order valence-corrected chi connectivity index (χ0v) is 14.4. The van der Waals surface area contributed by atoms with Crippen LogP contribution in [0.1, 0.15) is 37.0 Å². The number of furan rings is 1. The third-order valence-electron chi connectivity index (χ3n) is 5.59. The van der Waals surface area contributed by atoms with Crippen LogP contribution in [0.2, 0.25) is 0 Å². The Morgan fingerprint density at radius 1 is 1.26 bits per heavy atom. The molecule has 1 amide bonds. The molecule has 1 aromatic heterocycles. The van der Waals surface area contributed by atoms with Gasteiger partial charge in [0.15, 0.2) is 0 Å². The van der Waals surface area contributed by atoms with E-state index < -0.39 is 0 Å². The number of rotatable bonds is 2. The SMILES string of the molecule is CC1(C)[C@H](NC(=O)c2ccc3ccoc3c2)C2CCN1CC2.Cl. The molecule has 2 aromatic rings. The van der Waals surface area contributed by atoms with Crippen LogP contribution in [0.25, 0.3) is 11.0 Å². The van der Waals surface area contributed by atoms with Crippen molar-refractivity contribution in [3.63, 3.8) is 0 Å². The standard InChI is InChI=1S/C18H22N2O2.ClH/c1-18(2)16(13-5-8-20(18)9-6-13)19-17(21)14-4-3-12-7-10-22-15(12)11-14;/h3-4,7,10-11,13,16H,5-6,8-9H2,1-2H3,(H,19,21);1H/t16-;/m1./s1. The summed E-state index contributed by atoms with van der Waals surface area (Å²) in [6, 6.07) is 7.78. The zero-order valence-electron chi connectivity index (χ0n) is 13.5. The maximum Gasteiger partial charge on any atom is 0.251 e. The second kappa shape index (κ2) is 5.84. The average molecular weight is 335 g/mol. The van der Waals surface area contributed by atoms with Crippen LogP contribution in [-0.2, 0) is 0 Å². The van der Waals surface area contributed by atoms with Crippen molar-refractivity contribution in [2.45, 2.75) is 38.3 Å². The highest BCUT2D eigenvalue weighted by atomic mass is 35.5. The third-order valence-corrected chi connectivity index (χ3v) is 5.59. The van der Waals surface area contributed by atoms with Crippen molar-refractivity contribution in [2.24, 2.45) is 5.92 Å². The molecule has 3 fully saturated rings. The Labute approximate surface area is 142 Å². The molecule has 3 aliphatic heterocycles. The number of piperidine rings is 3. The van der Waals surface area contributed by atoms with Gasteiger partial charge in [0.2, 0.25) is 0 Å². The first-order chi connectivity index (χ1) is 10.6. The summed E-state index contributed by atoms with van der Waals surface area (Å²) in [5.41, 5.74) is 1.47. The Morgan fingerprint density at radius 3 is 2.70 bits per heavy atom. The fourth-order valence-electron chi connectivity index (χ4n) is 4.20. The van der Waals surface area contributed by atoms with Crippen molar-refractivity contribution in [3.05, 3.63) is 36.1 Å². The van der Waals surface area contributed by atoms with E-state index in [2.05, 4.69) is 24.1 Å². The van der Waals surface area contributed by atoms with Crippen molar-refractivity contribution in [1.29, 1.82) is 0 Å². The summed E-state index contributed by atoms with van der Waals surface area (Å²) in [7, 11) is 0. The van der Waals surface area contributed by atoms with Gasteiger partial charge in [0.05, 0.1) is 6.26 Å². The van der Waals surface area contributed by atoms with Gasteiger partial charge in [-0.15, -0.1) is 12.4 Å². The monoisotopic (exact) mass is 334 g/mol. The van der Waals surface area contributed by atoms with Gasteiger partial charge >= 0.3 is 0 Å². The average Bonchev–Trinajstić information content (AvgIpc) is 2.98.